The van der Waals surface area contributed by atoms with E-state index in [4.69, 9.17) is 5.73 Å². The van der Waals surface area contributed by atoms with Crippen LogP contribution < -0.4 is 5.73 Å². The van der Waals surface area contributed by atoms with E-state index in [0.717, 1.165) is 11.8 Å². The number of anilines is 1. The molecule has 2 heterocycles. The van der Waals surface area contributed by atoms with Crippen molar-refractivity contribution in [1.82, 2.24) is 15.0 Å². The third-order valence-electron chi connectivity index (χ3n) is 2.51. The van der Waals surface area contributed by atoms with Gasteiger partial charge in [0.05, 0.1) is 11.2 Å². The second kappa shape index (κ2) is 4.02. The van der Waals surface area contributed by atoms with E-state index in [1.54, 1.807) is 5.38 Å². The second-order valence-electron chi connectivity index (χ2n) is 3.79. The van der Waals surface area contributed by atoms with Crippen LogP contribution in [0.2, 0.25) is 0 Å². The van der Waals surface area contributed by atoms with Gasteiger partial charge in [0.2, 0.25) is 0 Å². The lowest BCUT2D eigenvalue weighted by molar-refractivity contribution is 0.515. The number of fused-ring (bicyclic) bond motifs is 1. The van der Waals surface area contributed by atoms with Gasteiger partial charge < -0.3 is 10.7 Å². The summed E-state index contributed by atoms with van der Waals surface area (Å²) in [5.74, 6) is -1.31. The molecule has 0 spiro atoms. The summed E-state index contributed by atoms with van der Waals surface area (Å²) < 4.78 is 26.5. The van der Waals surface area contributed by atoms with Crippen LogP contribution in [0.5, 0.6) is 0 Å². The highest BCUT2D eigenvalue weighted by atomic mass is 32.1. The maximum Gasteiger partial charge on any atom is 0.186 e. The van der Waals surface area contributed by atoms with E-state index in [2.05, 4.69) is 15.0 Å². The third kappa shape index (κ3) is 1.82. The summed E-state index contributed by atoms with van der Waals surface area (Å²) in [6.07, 6.45) is 0.406. The first-order valence-corrected chi connectivity index (χ1v) is 6.04. The number of rotatable bonds is 2. The van der Waals surface area contributed by atoms with Crippen LogP contribution in [-0.4, -0.2) is 15.0 Å². The number of imidazole rings is 1. The first-order valence-electron chi connectivity index (χ1n) is 5.16. The minimum Gasteiger partial charge on any atom is -0.375 e. The van der Waals surface area contributed by atoms with Crippen LogP contribution in [0.4, 0.5) is 13.9 Å². The third-order valence-corrected chi connectivity index (χ3v) is 3.24. The quantitative estimate of drug-likeness (QED) is 0.748. The highest BCUT2D eigenvalue weighted by molar-refractivity contribution is 7.13. The molecule has 7 heteroatoms. The van der Waals surface area contributed by atoms with E-state index in [0.29, 0.717) is 22.9 Å². The van der Waals surface area contributed by atoms with Crippen molar-refractivity contribution < 1.29 is 8.78 Å². The summed E-state index contributed by atoms with van der Waals surface area (Å²) in [4.78, 5) is 11.0. The molecule has 0 unspecified atom stereocenters. The number of hydrogen-bond donors (Lipinski definition) is 2. The van der Waals surface area contributed by atoms with Crippen molar-refractivity contribution >= 4 is 27.5 Å². The Morgan fingerprint density at radius 3 is 2.83 bits per heavy atom. The Bertz CT molecular complexity index is 719. The van der Waals surface area contributed by atoms with E-state index in [1.807, 2.05) is 0 Å². The van der Waals surface area contributed by atoms with Crippen molar-refractivity contribution in [3.05, 3.63) is 40.7 Å². The maximum absolute atomic E-state index is 13.5. The number of nitrogens with two attached hydrogens (primary N) is 1. The first-order chi connectivity index (χ1) is 8.63. The number of benzene rings is 1. The average Bonchev–Trinajstić information content (AvgIpc) is 2.91. The lowest BCUT2D eigenvalue weighted by Crippen LogP contribution is -1.92. The first kappa shape index (κ1) is 11.1. The monoisotopic (exact) mass is 266 g/mol. The topological polar surface area (TPSA) is 67.6 Å². The van der Waals surface area contributed by atoms with E-state index < -0.39 is 11.6 Å². The zero-order valence-electron chi connectivity index (χ0n) is 9.08. The van der Waals surface area contributed by atoms with Crippen LogP contribution in [0, 0.1) is 11.6 Å². The molecule has 0 saturated heterocycles. The number of aromatic nitrogens is 3. The molecule has 0 aliphatic heterocycles. The van der Waals surface area contributed by atoms with Gasteiger partial charge in [-0.2, -0.15) is 0 Å². The summed E-state index contributed by atoms with van der Waals surface area (Å²) in [6, 6.07) is 2.53. The van der Waals surface area contributed by atoms with Crippen molar-refractivity contribution in [1.29, 1.82) is 0 Å². The number of nitrogens with one attached hydrogen (secondary N) is 1. The molecule has 0 atom stereocenters. The number of nitrogens with zero attached hydrogens (tertiary/aromatic N) is 2. The van der Waals surface area contributed by atoms with Gasteiger partial charge in [0.1, 0.15) is 11.3 Å². The number of halogens is 2. The zero-order chi connectivity index (χ0) is 12.7. The highest BCUT2D eigenvalue weighted by Crippen LogP contribution is 2.20. The van der Waals surface area contributed by atoms with E-state index in [-0.39, 0.29) is 5.52 Å². The van der Waals surface area contributed by atoms with Crippen molar-refractivity contribution in [2.24, 2.45) is 0 Å². The Balaban J connectivity index is 2.01. The standard InChI is InChI=1S/C11H8F2N4S/c12-6-1-2-7-10(9(6)13)17-8(16-7)3-5-4-18-11(14)15-5/h1-2,4H,3H2,(H2,14,15)(H,16,17). The predicted molar refractivity (Wildman–Crippen MR) is 65.3 cm³/mol. The van der Waals surface area contributed by atoms with Gasteiger partial charge in [-0.3, -0.25) is 0 Å². The molecule has 1 aromatic carbocycles. The second-order valence-corrected chi connectivity index (χ2v) is 4.68. The Hall–Kier alpha value is -2.02. The molecule has 92 valence electrons. The Morgan fingerprint density at radius 1 is 1.28 bits per heavy atom. The number of hydrogen-bond acceptors (Lipinski definition) is 4. The summed E-state index contributed by atoms with van der Waals surface area (Å²) in [6.45, 7) is 0. The van der Waals surface area contributed by atoms with Crippen LogP contribution >= 0.6 is 11.3 Å². The molecular weight excluding hydrogens is 258 g/mol. The van der Waals surface area contributed by atoms with Gasteiger partial charge in [0, 0.05) is 11.8 Å². The van der Waals surface area contributed by atoms with Gasteiger partial charge in [-0.05, 0) is 12.1 Å². The van der Waals surface area contributed by atoms with Crippen molar-refractivity contribution in [3.63, 3.8) is 0 Å². The van der Waals surface area contributed by atoms with Crippen LogP contribution in [0.25, 0.3) is 11.0 Å². The van der Waals surface area contributed by atoms with Gasteiger partial charge in [-0.15, -0.1) is 11.3 Å². The molecule has 0 bridgehead atoms. The molecule has 0 aliphatic carbocycles. The summed E-state index contributed by atoms with van der Waals surface area (Å²) in [5, 5.41) is 2.28. The summed E-state index contributed by atoms with van der Waals surface area (Å²) in [5.41, 5.74) is 6.74. The molecule has 18 heavy (non-hydrogen) atoms. The normalized spacial score (nSPS) is 11.2. The fourth-order valence-corrected chi connectivity index (χ4v) is 2.29. The molecule has 3 aromatic rings. The Labute approximate surface area is 104 Å². The van der Waals surface area contributed by atoms with Gasteiger partial charge >= 0.3 is 0 Å². The van der Waals surface area contributed by atoms with Gasteiger partial charge in [-0.1, -0.05) is 0 Å². The maximum atomic E-state index is 13.5. The number of H-pyrrole nitrogens is 1. The van der Waals surface area contributed by atoms with E-state index in [1.165, 1.54) is 17.4 Å². The van der Waals surface area contributed by atoms with E-state index >= 15 is 0 Å². The van der Waals surface area contributed by atoms with Crippen molar-refractivity contribution in [2.45, 2.75) is 6.42 Å². The number of aromatic amines is 1. The molecule has 0 fully saturated rings. The fraction of sp³-hybridized carbons (Fsp3) is 0.0909. The molecule has 0 radical (unpaired) electrons. The zero-order valence-corrected chi connectivity index (χ0v) is 9.89. The van der Waals surface area contributed by atoms with E-state index in [9.17, 15) is 8.78 Å². The highest BCUT2D eigenvalue weighted by Gasteiger charge is 2.12. The van der Waals surface area contributed by atoms with Gasteiger partial charge in [-0.25, -0.2) is 18.7 Å². The molecule has 3 rings (SSSR count). The van der Waals surface area contributed by atoms with Crippen LogP contribution in [0.3, 0.4) is 0 Å². The Kier molecular flexibility index (Phi) is 2.48. The average molecular weight is 266 g/mol. The predicted octanol–water partition coefficient (Wildman–Crippen LogP) is 2.47. The molecule has 3 N–H and O–H groups in total. The molecule has 4 nitrogen and oxygen atoms in total. The van der Waals surface area contributed by atoms with Crippen LogP contribution in [0.15, 0.2) is 17.5 Å². The lowest BCUT2D eigenvalue weighted by atomic mass is 10.3. The largest absolute Gasteiger partial charge is 0.375 e. The van der Waals surface area contributed by atoms with Crippen molar-refractivity contribution in [2.75, 3.05) is 5.73 Å². The molecule has 0 amide bonds. The fourth-order valence-electron chi connectivity index (χ4n) is 1.73. The minimum atomic E-state index is -0.937. The van der Waals surface area contributed by atoms with Gasteiger partial charge in [0.15, 0.2) is 16.8 Å². The number of thiazole rings is 1. The van der Waals surface area contributed by atoms with Crippen LogP contribution in [0.1, 0.15) is 11.5 Å². The molecule has 0 aliphatic rings. The molecule has 0 saturated carbocycles. The van der Waals surface area contributed by atoms with Crippen molar-refractivity contribution in [3.8, 4) is 0 Å². The SMILES string of the molecule is Nc1nc(Cc2nc3c(F)c(F)ccc3[nH]2)cs1. The summed E-state index contributed by atoms with van der Waals surface area (Å²) in [7, 11) is 0. The minimum absolute atomic E-state index is 0.00759. The molecule has 2 aromatic heterocycles. The smallest absolute Gasteiger partial charge is 0.186 e. The molecular formula is C11H8F2N4S. The van der Waals surface area contributed by atoms with Gasteiger partial charge in [0.25, 0.3) is 0 Å². The number of nitrogen functional groups attached to an aromatic ring is 1. The lowest BCUT2D eigenvalue weighted by Gasteiger charge is -1.91. The Morgan fingerprint density at radius 2 is 2.11 bits per heavy atom. The van der Waals surface area contributed by atoms with Crippen LogP contribution in [-0.2, 0) is 6.42 Å². The summed E-state index contributed by atoms with van der Waals surface area (Å²) >= 11 is 1.33.